The monoisotopic (exact) mass is 418 g/mol. The first-order chi connectivity index (χ1) is 15.6. The predicted octanol–water partition coefficient (Wildman–Crippen LogP) is 5.99. The Labute approximate surface area is 187 Å². The molecule has 0 aliphatic carbocycles. The number of carbonyl (C=O) groups is 1. The average molecular weight is 418 g/mol. The van der Waals surface area contributed by atoms with Crippen molar-refractivity contribution in [1.82, 2.24) is 0 Å². The smallest absolute Gasteiger partial charge is 0.282 e. The lowest BCUT2D eigenvalue weighted by Crippen LogP contribution is -2.32. The van der Waals surface area contributed by atoms with Gasteiger partial charge in [0.25, 0.3) is 5.91 Å². The fourth-order valence-corrected chi connectivity index (χ4v) is 3.91. The summed E-state index contributed by atoms with van der Waals surface area (Å²) in [6.07, 6.45) is 1.88. The van der Waals surface area contributed by atoms with E-state index in [1.807, 2.05) is 85.8 Å². The summed E-state index contributed by atoms with van der Waals surface area (Å²) in [4.78, 5) is 20.0. The summed E-state index contributed by atoms with van der Waals surface area (Å²) in [5.74, 6) is 1.20. The van der Waals surface area contributed by atoms with Crippen LogP contribution in [0.1, 0.15) is 16.7 Å². The number of benzene rings is 4. The normalized spacial score (nSPS) is 14.8. The molecule has 0 aromatic heterocycles. The number of fused-ring (bicyclic) bond motifs is 1. The van der Waals surface area contributed by atoms with Crippen LogP contribution in [0.5, 0.6) is 5.75 Å². The Bertz CT molecular complexity index is 1360. The number of methoxy groups -OCH3 is 1. The van der Waals surface area contributed by atoms with Crippen molar-refractivity contribution < 1.29 is 9.53 Å². The zero-order valence-corrected chi connectivity index (χ0v) is 17.9. The highest BCUT2D eigenvalue weighted by atomic mass is 16.5. The number of hydrogen-bond acceptors (Lipinski definition) is 3. The molecule has 4 aromatic rings. The highest BCUT2D eigenvalue weighted by Gasteiger charge is 2.32. The molecule has 5 rings (SSSR count). The Morgan fingerprint density at radius 2 is 1.56 bits per heavy atom. The second-order valence-electron chi connectivity index (χ2n) is 7.74. The largest absolute Gasteiger partial charge is 0.497 e. The van der Waals surface area contributed by atoms with Crippen molar-refractivity contribution in [2.75, 3.05) is 12.0 Å². The molecule has 156 valence electrons. The molecule has 4 aromatic carbocycles. The molecule has 0 spiro atoms. The molecule has 32 heavy (non-hydrogen) atoms. The SMILES string of the molecule is COc1ccc(N2C(=O)/C(=C\c3cccc4ccccc34)N=C2c2ccc(C)cc2)cc1. The minimum Gasteiger partial charge on any atom is -0.497 e. The van der Waals surface area contributed by atoms with Gasteiger partial charge >= 0.3 is 0 Å². The Morgan fingerprint density at radius 1 is 0.844 bits per heavy atom. The van der Waals surface area contributed by atoms with Gasteiger partial charge in [-0.15, -0.1) is 0 Å². The van der Waals surface area contributed by atoms with Crippen LogP contribution < -0.4 is 9.64 Å². The maximum absolute atomic E-state index is 13.6. The van der Waals surface area contributed by atoms with Crippen molar-refractivity contribution in [2.45, 2.75) is 6.92 Å². The molecule has 0 N–H and O–H groups in total. The van der Waals surface area contributed by atoms with Gasteiger partial charge in [0.1, 0.15) is 17.3 Å². The Morgan fingerprint density at radius 3 is 2.31 bits per heavy atom. The van der Waals surface area contributed by atoms with E-state index in [0.29, 0.717) is 11.5 Å². The predicted molar refractivity (Wildman–Crippen MR) is 130 cm³/mol. The summed E-state index contributed by atoms with van der Waals surface area (Å²) >= 11 is 0. The third kappa shape index (κ3) is 3.56. The molecule has 1 aliphatic heterocycles. The van der Waals surface area contributed by atoms with E-state index in [-0.39, 0.29) is 5.91 Å². The number of ether oxygens (including phenoxy) is 1. The van der Waals surface area contributed by atoms with Gasteiger partial charge in [-0.25, -0.2) is 4.99 Å². The van der Waals surface area contributed by atoms with Gasteiger partial charge in [0.05, 0.1) is 12.8 Å². The maximum atomic E-state index is 13.6. The minimum absolute atomic E-state index is 0.154. The maximum Gasteiger partial charge on any atom is 0.282 e. The number of aryl methyl sites for hydroxylation is 1. The molecular weight excluding hydrogens is 396 g/mol. The van der Waals surface area contributed by atoms with Crippen LogP contribution in [0.15, 0.2) is 102 Å². The van der Waals surface area contributed by atoms with E-state index < -0.39 is 0 Å². The third-order valence-corrected chi connectivity index (χ3v) is 5.62. The first-order valence-electron chi connectivity index (χ1n) is 10.5. The Hall–Kier alpha value is -4.18. The molecule has 0 saturated carbocycles. The topological polar surface area (TPSA) is 41.9 Å². The molecular formula is C28H22N2O2. The summed E-state index contributed by atoms with van der Waals surface area (Å²) < 4.78 is 5.28. The zero-order valence-electron chi connectivity index (χ0n) is 17.9. The quantitative estimate of drug-likeness (QED) is 0.382. The third-order valence-electron chi connectivity index (χ3n) is 5.62. The van der Waals surface area contributed by atoms with Crippen LogP contribution in [0.25, 0.3) is 16.8 Å². The second kappa shape index (κ2) is 8.16. The summed E-state index contributed by atoms with van der Waals surface area (Å²) in [5, 5.41) is 2.22. The number of amides is 1. The van der Waals surface area contributed by atoms with E-state index in [2.05, 4.69) is 18.2 Å². The lowest BCUT2D eigenvalue weighted by molar-refractivity contribution is -0.113. The molecule has 1 aliphatic rings. The fraction of sp³-hybridized carbons (Fsp3) is 0.0714. The molecule has 0 atom stereocenters. The number of aliphatic imine (C=N–C) groups is 1. The van der Waals surface area contributed by atoms with E-state index >= 15 is 0 Å². The van der Waals surface area contributed by atoms with Gasteiger partial charge in [0.15, 0.2) is 0 Å². The Balaban J connectivity index is 1.64. The number of anilines is 1. The van der Waals surface area contributed by atoms with Gasteiger partial charge in [-0.05, 0) is 53.6 Å². The lowest BCUT2D eigenvalue weighted by Gasteiger charge is -2.19. The standard InChI is InChI=1S/C28H22N2O2/c1-19-10-12-21(13-11-19)27-29-26(18-22-8-5-7-20-6-3-4-9-25(20)22)28(31)30(27)23-14-16-24(32-2)17-15-23/h3-18H,1-2H3/b26-18+. The lowest BCUT2D eigenvalue weighted by atomic mass is 10.0. The van der Waals surface area contributed by atoms with Gasteiger partial charge in [0.2, 0.25) is 0 Å². The zero-order chi connectivity index (χ0) is 22.1. The van der Waals surface area contributed by atoms with Gasteiger partial charge in [-0.3, -0.25) is 9.69 Å². The van der Waals surface area contributed by atoms with Crippen molar-refractivity contribution in [3.63, 3.8) is 0 Å². The molecule has 1 amide bonds. The van der Waals surface area contributed by atoms with Crippen LogP contribution in [0.2, 0.25) is 0 Å². The van der Waals surface area contributed by atoms with Gasteiger partial charge < -0.3 is 4.74 Å². The highest BCUT2D eigenvalue weighted by Crippen LogP contribution is 2.30. The second-order valence-corrected chi connectivity index (χ2v) is 7.74. The number of rotatable bonds is 4. The van der Waals surface area contributed by atoms with Gasteiger partial charge in [0, 0.05) is 5.56 Å². The first kappa shape index (κ1) is 19.8. The molecule has 0 radical (unpaired) electrons. The fourth-order valence-electron chi connectivity index (χ4n) is 3.91. The Kier molecular flexibility index (Phi) is 5.04. The molecule has 4 nitrogen and oxygen atoms in total. The first-order valence-corrected chi connectivity index (χ1v) is 10.5. The molecule has 0 saturated heterocycles. The van der Waals surface area contributed by atoms with Crippen molar-refractivity contribution in [1.29, 1.82) is 0 Å². The molecule has 0 unspecified atom stereocenters. The van der Waals surface area contributed by atoms with E-state index in [4.69, 9.17) is 9.73 Å². The van der Waals surface area contributed by atoms with E-state index in [9.17, 15) is 4.79 Å². The van der Waals surface area contributed by atoms with Crippen LogP contribution in [0.3, 0.4) is 0 Å². The van der Waals surface area contributed by atoms with E-state index in [0.717, 1.165) is 38.9 Å². The van der Waals surface area contributed by atoms with Crippen LogP contribution in [-0.2, 0) is 4.79 Å². The molecule has 0 fully saturated rings. The highest BCUT2D eigenvalue weighted by molar-refractivity contribution is 6.33. The van der Waals surface area contributed by atoms with E-state index in [1.54, 1.807) is 12.0 Å². The van der Waals surface area contributed by atoms with Crippen molar-refractivity contribution in [2.24, 2.45) is 4.99 Å². The molecule has 1 heterocycles. The number of hydrogen-bond donors (Lipinski definition) is 0. The van der Waals surface area contributed by atoms with Crippen LogP contribution in [0, 0.1) is 6.92 Å². The number of nitrogens with zero attached hydrogens (tertiary/aromatic N) is 2. The number of carbonyl (C=O) groups excluding carboxylic acids is 1. The summed E-state index contributed by atoms with van der Waals surface area (Å²) in [6.45, 7) is 2.04. The molecule has 4 heteroatoms. The van der Waals surface area contributed by atoms with Gasteiger partial charge in [-0.1, -0.05) is 72.3 Å². The van der Waals surface area contributed by atoms with E-state index in [1.165, 1.54) is 0 Å². The minimum atomic E-state index is -0.154. The summed E-state index contributed by atoms with van der Waals surface area (Å²) in [5.41, 5.74) is 4.17. The molecule has 0 bridgehead atoms. The van der Waals surface area contributed by atoms with Gasteiger partial charge in [-0.2, -0.15) is 0 Å². The number of amidine groups is 1. The van der Waals surface area contributed by atoms with Crippen molar-refractivity contribution in [3.8, 4) is 5.75 Å². The summed E-state index contributed by atoms with van der Waals surface area (Å²) in [7, 11) is 1.63. The van der Waals surface area contributed by atoms with Crippen LogP contribution in [-0.4, -0.2) is 18.9 Å². The summed E-state index contributed by atoms with van der Waals surface area (Å²) in [6, 6.07) is 29.7. The average Bonchev–Trinajstić information content (AvgIpc) is 3.15. The van der Waals surface area contributed by atoms with Crippen LogP contribution in [0.4, 0.5) is 5.69 Å². The van der Waals surface area contributed by atoms with Crippen molar-refractivity contribution in [3.05, 3.63) is 113 Å². The van der Waals surface area contributed by atoms with Crippen LogP contribution >= 0.6 is 0 Å². The van der Waals surface area contributed by atoms with Crippen molar-refractivity contribution >= 4 is 34.3 Å².